The van der Waals surface area contributed by atoms with E-state index < -0.39 is 11.9 Å². The Hall–Kier alpha value is -2.95. The van der Waals surface area contributed by atoms with Crippen molar-refractivity contribution in [2.45, 2.75) is 13.0 Å². The second kappa shape index (κ2) is 5.30. The van der Waals surface area contributed by atoms with E-state index in [9.17, 15) is 14.0 Å². The van der Waals surface area contributed by atoms with Crippen molar-refractivity contribution in [3.05, 3.63) is 81.5 Å². The number of para-hydroxylation sites is 1. The summed E-state index contributed by atoms with van der Waals surface area (Å²) >= 11 is 0. The van der Waals surface area contributed by atoms with Gasteiger partial charge in [0.25, 0.3) is 5.91 Å². The van der Waals surface area contributed by atoms with Crippen molar-refractivity contribution >= 4 is 16.9 Å². The van der Waals surface area contributed by atoms with Crippen LogP contribution in [0.1, 0.15) is 34.6 Å². The van der Waals surface area contributed by atoms with Gasteiger partial charge in [-0.25, -0.2) is 4.39 Å². The molecule has 1 aliphatic rings. The SMILES string of the molecule is CCN1C(=O)c2oc3ccccc3c(=O)c2[C@H]1c1ccccc1F. The number of carbonyl (C=O) groups is 1. The smallest absolute Gasteiger partial charge is 0.290 e. The van der Waals surface area contributed by atoms with Gasteiger partial charge in [0.05, 0.1) is 17.0 Å². The van der Waals surface area contributed by atoms with Crippen LogP contribution in [0.4, 0.5) is 4.39 Å². The molecule has 2 aromatic carbocycles. The van der Waals surface area contributed by atoms with E-state index in [1.165, 1.54) is 11.0 Å². The van der Waals surface area contributed by atoms with Crippen LogP contribution < -0.4 is 5.43 Å². The third-order valence-corrected chi connectivity index (χ3v) is 4.41. The lowest BCUT2D eigenvalue weighted by Gasteiger charge is -2.23. The summed E-state index contributed by atoms with van der Waals surface area (Å²) in [7, 11) is 0. The summed E-state index contributed by atoms with van der Waals surface area (Å²) in [6.45, 7) is 2.14. The molecule has 4 rings (SSSR count). The zero-order chi connectivity index (χ0) is 16.8. The molecule has 5 heteroatoms. The van der Waals surface area contributed by atoms with Crippen molar-refractivity contribution in [1.29, 1.82) is 0 Å². The van der Waals surface area contributed by atoms with Crippen LogP contribution in [0.2, 0.25) is 0 Å². The topological polar surface area (TPSA) is 50.5 Å². The number of rotatable bonds is 2. The number of benzene rings is 2. The van der Waals surface area contributed by atoms with Crippen LogP contribution in [0, 0.1) is 5.82 Å². The fraction of sp³-hybridized carbons (Fsp3) is 0.158. The standard InChI is InChI=1S/C19H14FNO3/c1-2-21-16(11-7-3-5-9-13(11)20)15-17(22)12-8-4-6-10-14(12)24-18(15)19(21)23/h3-10,16H,2H2,1H3/t16-/m1/s1. The normalized spacial score (nSPS) is 16.7. The van der Waals surface area contributed by atoms with E-state index in [1.807, 2.05) is 0 Å². The summed E-state index contributed by atoms with van der Waals surface area (Å²) in [6, 6.07) is 12.2. The van der Waals surface area contributed by atoms with Gasteiger partial charge in [-0.2, -0.15) is 0 Å². The Kier molecular flexibility index (Phi) is 3.23. The Labute approximate surface area is 137 Å². The average Bonchev–Trinajstić information content (AvgIpc) is 2.88. The largest absolute Gasteiger partial charge is 0.450 e. The molecule has 4 nitrogen and oxygen atoms in total. The molecule has 24 heavy (non-hydrogen) atoms. The molecule has 0 unspecified atom stereocenters. The molecule has 0 fully saturated rings. The van der Waals surface area contributed by atoms with E-state index in [2.05, 4.69) is 0 Å². The maximum atomic E-state index is 14.3. The average molecular weight is 323 g/mol. The molecule has 120 valence electrons. The van der Waals surface area contributed by atoms with E-state index in [1.54, 1.807) is 49.4 Å². The van der Waals surface area contributed by atoms with Gasteiger partial charge in [0, 0.05) is 12.1 Å². The van der Waals surface area contributed by atoms with Crippen molar-refractivity contribution in [1.82, 2.24) is 4.90 Å². The highest BCUT2D eigenvalue weighted by molar-refractivity contribution is 5.99. The van der Waals surface area contributed by atoms with Crippen molar-refractivity contribution < 1.29 is 13.6 Å². The molecule has 0 bridgehead atoms. The maximum Gasteiger partial charge on any atom is 0.290 e. The fourth-order valence-electron chi connectivity index (χ4n) is 3.31. The summed E-state index contributed by atoms with van der Waals surface area (Å²) in [5, 5.41) is 0.392. The summed E-state index contributed by atoms with van der Waals surface area (Å²) < 4.78 is 20.1. The second-order valence-electron chi connectivity index (χ2n) is 5.69. The van der Waals surface area contributed by atoms with Crippen molar-refractivity contribution in [2.75, 3.05) is 6.54 Å². The Morgan fingerprint density at radius 2 is 1.79 bits per heavy atom. The second-order valence-corrected chi connectivity index (χ2v) is 5.69. The van der Waals surface area contributed by atoms with Gasteiger partial charge in [-0.3, -0.25) is 9.59 Å². The van der Waals surface area contributed by atoms with Gasteiger partial charge >= 0.3 is 0 Å². The first-order chi connectivity index (χ1) is 11.6. The lowest BCUT2D eigenvalue weighted by atomic mass is 9.98. The molecule has 0 saturated carbocycles. The fourth-order valence-corrected chi connectivity index (χ4v) is 3.31. The molecule has 0 aliphatic carbocycles. The molecular weight excluding hydrogens is 309 g/mol. The van der Waals surface area contributed by atoms with Crippen LogP contribution in [-0.4, -0.2) is 17.4 Å². The van der Waals surface area contributed by atoms with Gasteiger partial charge in [0.2, 0.25) is 5.76 Å². The predicted octanol–water partition coefficient (Wildman–Crippen LogP) is 3.50. The number of hydrogen-bond donors (Lipinski definition) is 0. The van der Waals surface area contributed by atoms with Crippen LogP contribution >= 0.6 is 0 Å². The first-order valence-electron chi connectivity index (χ1n) is 7.74. The number of amides is 1. The molecule has 0 spiro atoms. The number of nitrogens with zero attached hydrogens (tertiary/aromatic N) is 1. The van der Waals surface area contributed by atoms with Gasteiger partial charge in [0.1, 0.15) is 11.4 Å². The number of carbonyl (C=O) groups excluding carboxylic acids is 1. The highest BCUT2D eigenvalue weighted by Crippen LogP contribution is 2.38. The van der Waals surface area contributed by atoms with Gasteiger partial charge < -0.3 is 9.32 Å². The van der Waals surface area contributed by atoms with Crippen LogP contribution in [0.25, 0.3) is 11.0 Å². The monoisotopic (exact) mass is 323 g/mol. The Bertz CT molecular complexity index is 1020. The van der Waals surface area contributed by atoms with Crippen LogP contribution in [-0.2, 0) is 0 Å². The molecule has 1 aliphatic heterocycles. The molecule has 0 radical (unpaired) electrons. The van der Waals surface area contributed by atoms with Gasteiger partial charge in [-0.15, -0.1) is 0 Å². The zero-order valence-electron chi connectivity index (χ0n) is 13.0. The third-order valence-electron chi connectivity index (χ3n) is 4.41. The molecule has 0 saturated heterocycles. The lowest BCUT2D eigenvalue weighted by molar-refractivity contribution is 0.0736. The zero-order valence-corrected chi connectivity index (χ0v) is 13.0. The van der Waals surface area contributed by atoms with E-state index in [-0.39, 0.29) is 22.7 Å². The summed E-state index contributed by atoms with van der Waals surface area (Å²) in [4.78, 5) is 27.1. The highest BCUT2D eigenvalue weighted by atomic mass is 19.1. The first-order valence-corrected chi connectivity index (χ1v) is 7.74. The van der Waals surface area contributed by atoms with Crippen LogP contribution in [0.5, 0.6) is 0 Å². The number of fused-ring (bicyclic) bond motifs is 2. The molecule has 3 aromatic rings. The van der Waals surface area contributed by atoms with Crippen molar-refractivity contribution in [3.8, 4) is 0 Å². The van der Waals surface area contributed by atoms with Gasteiger partial charge in [-0.1, -0.05) is 30.3 Å². The summed E-state index contributed by atoms with van der Waals surface area (Å²) in [5.74, 6) is -0.827. The number of hydrogen-bond acceptors (Lipinski definition) is 3. The molecule has 1 amide bonds. The Morgan fingerprint density at radius 3 is 2.54 bits per heavy atom. The Morgan fingerprint density at radius 1 is 1.08 bits per heavy atom. The van der Waals surface area contributed by atoms with Crippen molar-refractivity contribution in [2.24, 2.45) is 0 Å². The van der Waals surface area contributed by atoms with Crippen LogP contribution in [0.15, 0.2) is 57.7 Å². The third kappa shape index (κ3) is 1.91. The Balaban J connectivity index is 2.07. The molecule has 0 N–H and O–H groups in total. The minimum atomic E-state index is -0.764. The number of halogens is 1. The van der Waals surface area contributed by atoms with Gasteiger partial charge in [0.15, 0.2) is 5.43 Å². The summed E-state index contributed by atoms with van der Waals surface area (Å²) in [5.41, 5.74) is 0.587. The van der Waals surface area contributed by atoms with E-state index in [0.29, 0.717) is 23.1 Å². The predicted molar refractivity (Wildman–Crippen MR) is 87.4 cm³/mol. The molecule has 2 heterocycles. The minimum absolute atomic E-state index is 0.00815. The quantitative estimate of drug-likeness (QED) is 0.725. The lowest BCUT2D eigenvalue weighted by Crippen LogP contribution is -2.29. The van der Waals surface area contributed by atoms with Crippen molar-refractivity contribution in [3.63, 3.8) is 0 Å². The van der Waals surface area contributed by atoms with E-state index >= 15 is 0 Å². The molecule has 1 aromatic heterocycles. The van der Waals surface area contributed by atoms with E-state index in [0.717, 1.165) is 0 Å². The van der Waals surface area contributed by atoms with E-state index in [4.69, 9.17) is 4.42 Å². The molecular formula is C19H14FNO3. The summed E-state index contributed by atoms with van der Waals surface area (Å²) in [6.07, 6.45) is 0. The molecule has 1 atom stereocenters. The van der Waals surface area contributed by atoms with Gasteiger partial charge in [-0.05, 0) is 25.1 Å². The maximum absolute atomic E-state index is 14.3. The first kappa shape index (κ1) is 14.6. The highest BCUT2D eigenvalue weighted by Gasteiger charge is 2.42. The van der Waals surface area contributed by atoms with Crippen LogP contribution in [0.3, 0.4) is 0 Å². The minimum Gasteiger partial charge on any atom is -0.450 e.